The van der Waals surface area contributed by atoms with Crippen LogP contribution in [0.25, 0.3) is 0 Å². The van der Waals surface area contributed by atoms with Crippen LogP contribution in [0.5, 0.6) is 0 Å². The first kappa shape index (κ1) is 16.8. The molecule has 23 heavy (non-hydrogen) atoms. The van der Waals surface area contributed by atoms with Crippen LogP contribution in [0.4, 0.5) is 8.78 Å². The monoisotopic (exact) mass is 321 g/mol. The first-order valence-electron chi connectivity index (χ1n) is 7.19. The van der Waals surface area contributed by atoms with Gasteiger partial charge in [-0.3, -0.25) is 9.59 Å². The molecule has 1 unspecified atom stereocenters. The molecular weight excluding hydrogens is 304 g/mol. The SMILES string of the molecule is CCC(NC(=O)Cn1nc(C)ccc1=O)c1cc(F)ccc1F. The number of carbonyl (C=O) groups excluding carboxylic acids is 1. The number of hydrogen-bond acceptors (Lipinski definition) is 3. The van der Waals surface area contributed by atoms with Crippen molar-refractivity contribution in [2.75, 3.05) is 0 Å². The lowest BCUT2D eigenvalue weighted by atomic mass is 10.0. The lowest BCUT2D eigenvalue weighted by Crippen LogP contribution is -2.35. The number of hydrogen-bond donors (Lipinski definition) is 1. The van der Waals surface area contributed by atoms with Gasteiger partial charge in [0.05, 0.1) is 11.7 Å². The summed E-state index contributed by atoms with van der Waals surface area (Å²) in [7, 11) is 0. The molecule has 1 N–H and O–H groups in total. The molecule has 2 rings (SSSR count). The van der Waals surface area contributed by atoms with Gasteiger partial charge in [-0.25, -0.2) is 13.5 Å². The number of nitrogens with one attached hydrogen (secondary N) is 1. The fraction of sp³-hybridized carbons (Fsp3) is 0.312. The first-order valence-corrected chi connectivity index (χ1v) is 7.19. The molecule has 1 heterocycles. The van der Waals surface area contributed by atoms with Crippen molar-refractivity contribution in [1.29, 1.82) is 0 Å². The van der Waals surface area contributed by atoms with Crippen LogP contribution in [0.2, 0.25) is 0 Å². The van der Waals surface area contributed by atoms with Crippen LogP contribution in [-0.2, 0) is 11.3 Å². The summed E-state index contributed by atoms with van der Waals surface area (Å²) < 4.78 is 28.1. The largest absolute Gasteiger partial charge is 0.348 e. The van der Waals surface area contributed by atoms with Gasteiger partial charge in [0.15, 0.2) is 0 Å². The van der Waals surface area contributed by atoms with Crippen molar-refractivity contribution >= 4 is 5.91 Å². The number of rotatable bonds is 5. The molecule has 0 spiro atoms. The number of nitrogens with zero attached hydrogens (tertiary/aromatic N) is 2. The van der Waals surface area contributed by atoms with Crippen LogP contribution in [0, 0.1) is 18.6 Å². The van der Waals surface area contributed by atoms with Gasteiger partial charge < -0.3 is 5.32 Å². The zero-order valence-electron chi connectivity index (χ0n) is 12.8. The van der Waals surface area contributed by atoms with Crippen LogP contribution in [-0.4, -0.2) is 15.7 Å². The van der Waals surface area contributed by atoms with Crippen molar-refractivity contribution in [2.45, 2.75) is 32.9 Å². The summed E-state index contributed by atoms with van der Waals surface area (Å²) in [5, 5.41) is 6.56. The summed E-state index contributed by atoms with van der Waals surface area (Å²) in [4.78, 5) is 23.7. The zero-order chi connectivity index (χ0) is 17.0. The summed E-state index contributed by atoms with van der Waals surface area (Å²) in [6, 6.07) is 5.28. The molecular formula is C16H17F2N3O2. The van der Waals surface area contributed by atoms with E-state index in [1.165, 1.54) is 6.07 Å². The minimum atomic E-state index is -0.682. The molecule has 7 heteroatoms. The van der Waals surface area contributed by atoms with Gasteiger partial charge in [0, 0.05) is 11.6 Å². The van der Waals surface area contributed by atoms with Crippen LogP contribution in [0.3, 0.4) is 0 Å². The van der Waals surface area contributed by atoms with E-state index < -0.39 is 29.1 Å². The van der Waals surface area contributed by atoms with Crippen molar-refractivity contribution in [3.8, 4) is 0 Å². The van der Waals surface area contributed by atoms with E-state index in [1.807, 2.05) is 0 Å². The minimum Gasteiger partial charge on any atom is -0.348 e. The number of benzene rings is 1. The molecule has 0 radical (unpaired) electrons. The van der Waals surface area contributed by atoms with Crippen molar-refractivity contribution in [3.63, 3.8) is 0 Å². The molecule has 1 aromatic carbocycles. The van der Waals surface area contributed by atoms with Gasteiger partial charge in [-0.05, 0) is 37.6 Å². The van der Waals surface area contributed by atoms with Crippen molar-refractivity contribution in [1.82, 2.24) is 15.1 Å². The maximum atomic E-state index is 13.8. The van der Waals surface area contributed by atoms with E-state index in [0.29, 0.717) is 12.1 Å². The zero-order valence-corrected chi connectivity index (χ0v) is 12.8. The van der Waals surface area contributed by atoms with E-state index in [0.717, 1.165) is 22.9 Å². The smallest absolute Gasteiger partial charge is 0.267 e. The highest BCUT2D eigenvalue weighted by molar-refractivity contribution is 5.76. The van der Waals surface area contributed by atoms with Crippen LogP contribution >= 0.6 is 0 Å². The number of aromatic nitrogens is 2. The van der Waals surface area contributed by atoms with E-state index in [1.54, 1.807) is 19.9 Å². The van der Waals surface area contributed by atoms with E-state index in [2.05, 4.69) is 10.4 Å². The molecule has 0 fully saturated rings. The topological polar surface area (TPSA) is 64.0 Å². The number of amides is 1. The Kier molecular flexibility index (Phi) is 5.20. The summed E-state index contributed by atoms with van der Waals surface area (Å²) in [5.74, 6) is -1.67. The molecule has 0 saturated carbocycles. The van der Waals surface area contributed by atoms with Gasteiger partial charge >= 0.3 is 0 Å². The van der Waals surface area contributed by atoms with Gasteiger partial charge in [-0.2, -0.15) is 5.10 Å². The molecule has 0 aliphatic heterocycles. The van der Waals surface area contributed by atoms with E-state index in [4.69, 9.17) is 0 Å². The normalized spacial score (nSPS) is 12.0. The molecule has 5 nitrogen and oxygen atoms in total. The van der Waals surface area contributed by atoms with Crippen molar-refractivity contribution in [2.24, 2.45) is 0 Å². The second kappa shape index (κ2) is 7.13. The number of halogens is 2. The molecule has 0 aliphatic rings. The molecule has 0 aliphatic carbocycles. The molecule has 0 bridgehead atoms. The van der Waals surface area contributed by atoms with Crippen molar-refractivity contribution < 1.29 is 13.6 Å². The van der Waals surface area contributed by atoms with Gasteiger partial charge in [-0.15, -0.1) is 0 Å². The minimum absolute atomic E-state index is 0.0744. The average Bonchev–Trinajstić information content (AvgIpc) is 2.51. The second-order valence-corrected chi connectivity index (χ2v) is 5.16. The Morgan fingerprint density at radius 2 is 2.04 bits per heavy atom. The van der Waals surface area contributed by atoms with Crippen LogP contribution < -0.4 is 10.9 Å². The average molecular weight is 321 g/mol. The third kappa shape index (κ3) is 4.21. The predicted octanol–water partition coefficient (Wildman–Crippen LogP) is 2.10. The Balaban J connectivity index is 2.15. The molecule has 1 atom stereocenters. The third-order valence-electron chi connectivity index (χ3n) is 3.37. The number of aryl methyl sites for hydroxylation is 1. The first-order chi connectivity index (χ1) is 10.9. The third-order valence-corrected chi connectivity index (χ3v) is 3.37. The quantitative estimate of drug-likeness (QED) is 0.917. The Labute approximate surface area is 131 Å². The maximum absolute atomic E-state index is 13.8. The Morgan fingerprint density at radius 1 is 1.30 bits per heavy atom. The fourth-order valence-electron chi connectivity index (χ4n) is 2.22. The standard InChI is InChI=1S/C16H17F2N3O2/c1-3-14(12-8-11(17)5-6-13(12)18)19-15(22)9-21-16(23)7-4-10(2)20-21/h4-8,14H,3,9H2,1-2H3,(H,19,22). The highest BCUT2D eigenvalue weighted by Crippen LogP contribution is 2.21. The molecule has 2 aromatic rings. The summed E-state index contributed by atoms with van der Waals surface area (Å²) in [6.07, 6.45) is 0.377. The highest BCUT2D eigenvalue weighted by Gasteiger charge is 2.18. The Hall–Kier alpha value is -2.57. The summed E-state index contributed by atoms with van der Waals surface area (Å²) >= 11 is 0. The van der Waals surface area contributed by atoms with Gasteiger partial charge in [0.25, 0.3) is 5.56 Å². The molecule has 0 saturated heterocycles. The summed E-state index contributed by atoms with van der Waals surface area (Å²) in [6.45, 7) is 3.16. The van der Waals surface area contributed by atoms with Gasteiger partial charge in [0.2, 0.25) is 5.91 Å². The fourth-order valence-corrected chi connectivity index (χ4v) is 2.22. The highest BCUT2D eigenvalue weighted by atomic mass is 19.1. The Morgan fingerprint density at radius 3 is 2.74 bits per heavy atom. The van der Waals surface area contributed by atoms with Gasteiger partial charge in [-0.1, -0.05) is 6.92 Å². The maximum Gasteiger partial charge on any atom is 0.267 e. The van der Waals surface area contributed by atoms with E-state index in [-0.39, 0.29) is 12.1 Å². The van der Waals surface area contributed by atoms with Crippen LogP contribution in [0.1, 0.15) is 30.6 Å². The molecule has 1 aromatic heterocycles. The van der Waals surface area contributed by atoms with Gasteiger partial charge in [0.1, 0.15) is 18.2 Å². The predicted molar refractivity (Wildman–Crippen MR) is 80.8 cm³/mol. The second-order valence-electron chi connectivity index (χ2n) is 5.16. The molecule has 1 amide bonds. The Bertz CT molecular complexity index is 774. The van der Waals surface area contributed by atoms with Crippen molar-refractivity contribution in [3.05, 3.63) is 63.6 Å². The number of carbonyl (C=O) groups is 1. The van der Waals surface area contributed by atoms with E-state index >= 15 is 0 Å². The lowest BCUT2D eigenvalue weighted by molar-refractivity contribution is -0.122. The molecule has 122 valence electrons. The van der Waals surface area contributed by atoms with Crippen LogP contribution in [0.15, 0.2) is 35.1 Å². The van der Waals surface area contributed by atoms with E-state index in [9.17, 15) is 18.4 Å². The summed E-state index contributed by atoms with van der Waals surface area (Å²) in [5.41, 5.74) is 0.266. The lowest BCUT2D eigenvalue weighted by Gasteiger charge is -2.18.